The number of pyridine rings is 1. The molecule has 21 heavy (non-hydrogen) atoms. The third-order valence-corrected chi connectivity index (χ3v) is 3.68. The van der Waals surface area contributed by atoms with Gasteiger partial charge in [-0.2, -0.15) is 4.98 Å². The number of aryl methyl sites for hydroxylation is 1. The quantitative estimate of drug-likeness (QED) is 0.741. The number of benzene rings is 1. The Balaban J connectivity index is 1.95. The highest BCUT2D eigenvalue weighted by Gasteiger charge is 2.13. The minimum atomic E-state index is -0.931. The lowest BCUT2D eigenvalue weighted by Crippen LogP contribution is -1.97. The van der Waals surface area contributed by atoms with Crippen LogP contribution in [-0.4, -0.2) is 32.0 Å². The average molecular weight is 301 g/mol. The maximum atomic E-state index is 10.5. The molecular weight excluding hydrogens is 290 g/mol. The van der Waals surface area contributed by atoms with Crippen molar-refractivity contribution in [3.63, 3.8) is 0 Å². The predicted octanol–water partition coefficient (Wildman–Crippen LogP) is 2.77. The van der Waals surface area contributed by atoms with E-state index in [0.717, 1.165) is 28.2 Å². The number of carboxylic acid groups (broad SMARTS) is 1. The molecule has 3 aromatic rings. The van der Waals surface area contributed by atoms with Crippen LogP contribution < -0.4 is 0 Å². The van der Waals surface area contributed by atoms with Gasteiger partial charge in [-0.1, -0.05) is 35.1 Å². The number of nitrogens with zero attached hydrogens (tertiary/aromatic N) is 3. The van der Waals surface area contributed by atoms with Gasteiger partial charge in [0.2, 0.25) is 5.82 Å². The normalized spacial score (nSPS) is 10.9. The van der Waals surface area contributed by atoms with E-state index in [1.165, 1.54) is 0 Å². The SMILES string of the molecule is Cc1cc(-c2noc(SCC(=O)O)n2)nc2ccccc12. The molecule has 2 heterocycles. The van der Waals surface area contributed by atoms with Crippen molar-refractivity contribution in [3.8, 4) is 11.5 Å². The summed E-state index contributed by atoms with van der Waals surface area (Å²) < 4.78 is 5.02. The summed E-state index contributed by atoms with van der Waals surface area (Å²) in [6.07, 6.45) is 0. The number of aliphatic carboxylic acids is 1. The zero-order valence-electron chi connectivity index (χ0n) is 11.1. The molecule has 0 bridgehead atoms. The largest absolute Gasteiger partial charge is 0.481 e. The Morgan fingerprint density at radius 2 is 2.14 bits per heavy atom. The summed E-state index contributed by atoms with van der Waals surface area (Å²) in [5.74, 6) is -0.692. The van der Waals surface area contributed by atoms with Gasteiger partial charge in [-0.25, -0.2) is 4.98 Å². The first-order chi connectivity index (χ1) is 10.1. The number of para-hydroxylation sites is 1. The molecule has 2 aromatic heterocycles. The molecule has 0 spiro atoms. The number of fused-ring (bicyclic) bond motifs is 1. The Morgan fingerprint density at radius 1 is 1.33 bits per heavy atom. The van der Waals surface area contributed by atoms with Gasteiger partial charge >= 0.3 is 5.97 Å². The van der Waals surface area contributed by atoms with Gasteiger partial charge < -0.3 is 9.63 Å². The fourth-order valence-electron chi connectivity index (χ4n) is 1.96. The summed E-state index contributed by atoms with van der Waals surface area (Å²) in [6, 6.07) is 9.70. The Kier molecular flexibility index (Phi) is 3.57. The predicted molar refractivity (Wildman–Crippen MR) is 78.1 cm³/mol. The molecule has 6 nitrogen and oxygen atoms in total. The molecule has 0 aliphatic heterocycles. The van der Waals surface area contributed by atoms with Crippen LogP contribution in [0.5, 0.6) is 0 Å². The Morgan fingerprint density at radius 3 is 2.95 bits per heavy atom. The van der Waals surface area contributed by atoms with Crippen molar-refractivity contribution in [1.29, 1.82) is 0 Å². The highest BCUT2D eigenvalue weighted by Crippen LogP contribution is 2.24. The van der Waals surface area contributed by atoms with Crippen LogP contribution in [0.25, 0.3) is 22.4 Å². The van der Waals surface area contributed by atoms with Gasteiger partial charge in [0.15, 0.2) is 0 Å². The topological polar surface area (TPSA) is 89.1 Å². The van der Waals surface area contributed by atoms with Gasteiger partial charge in [0.1, 0.15) is 11.4 Å². The average Bonchev–Trinajstić information content (AvgIpc) is 2.94. The highest BCUT2D eigenvalue weighted by atomic mass is 32.2. The first kappa shape index (κ1) is 13.6. The second-order valence-corrected chi connectivity index (χ2v) is 5.33. The van der Waals surface area contributed by atoms with E-state index in [0.29, 0.717) is 11.5 Å². The minimum absolute atomic E-state index is 0.119. The van der Waals surface area contributed by atoms with Crippen LogP contribution in [0, 0.1) is 6.92 Å². The molecule has 0 saturated carbocycles. The molecule has 0 aliphatic rings. The van der Waals surface area contributed by atoms with Gasteiger partial charge in [0.25, 0.3) is 5.22 Å². The summed E-state index contributed by atoms with van der Waals surface area (Å²) in [6.45, 7) is 1.99. The molecule has 0 saturated heterocycles. The summed E-state index contributed by atoms with van der Waals surface area (Å²) in [7, 11) is 0. The van der Waals surface area contributed by atoms with Crippen LogP contribution in [0.15, 0.2) is 40.1 Å². The zero-order chi connectivity index (χ0) is 14.8. The Bertz CT molecular complexity index is 816. The fraction of sp³-hybridized carbons (Fsp3) is 0.143. The molecule has 1 N–H and O–H groups in total. The molecule has 0 amide bonds. The van der Waals surface area contributed by atoms with Crippen molar-refractivity contribution in [2.45, 2.75) is 12.1 Å². The number of carboxylic acids is 1. The van der Waals surface area contributed by atoms with Gasteiger partial charge in [-0.05, 0) is 24.6 Å². The van der Waals surface area contributed by atoms with Crippen LogP contribution in [0.3, 0.4) is 0 Å². The Hall–Kier alpha value is -2.41. The van der Waals surface area contributed by atoms with E-state index in [1.807, 2.05) is 37.3 Å². The first-order valence-corrected chi connectivity index (χ1v) is 7.17. The number of rotatable bonds is 4. The lowest BCUT2D eigenvalue weighted by molar-refractivity contribution is -0.133. The molecule has 106 valence electrons. The van der Waals surface area contributed by atoms with Crippen molar-refractivity contribution in [2.75, 3.05) is 5.75 Å². The number of hydrogen-bond acceptors (Lipinski definition) is 6. The summed E-state index contributed by atoms with van der Waals surface area (Å²) >= 11 is 0.984. The standard InChI is InChI=1S/C14H11N3O3S/c1-8-6-11(15-10-5-3-2-4-9(8)10)13-16-14(20-17-13)21-7-12(18)19/h2-6H,7H2,1H3,(H,18,19). The van der Waals surface area contributed by atoms with E-state index < -0.39 is 5.97 Å². The summed E-state index contributed by atoms with van der Waals surface area (Å²) in [4.78, 5) is 19.2. The third kappa shape index (κ3) is 2.87. The first-order valence-electron chi connectivity index (χ1n) is 6.18. The molecule has 7 heteroatoms. The number of carbonyl (C=O) groups is 1. The van der Waals surface area contributed by atoms with E-state index >= 15 is 0 Å². The zero-order valence-corrected chi connectivity index (χ0v) is 11.9. The number of thioether (sulfide) groups is 1. The van der Waals surface area contributed by atoms with Gasteiger partial charge in [0.05, 0.1) is 5.52 Å². The molecule has 0 radical (unpaired) electrons. The molecule has 0 aliphatic carbocycles. The van der Waals surface area contributed by atoms with Crippen LogP contribution >= 0.6 is 11.8 Å². The lowest BCUT2D eigenvalue weighted by atomic mass is 10.1. The minimum Gasteiger partial charge on any atom is -0.481 e. The highest BCUT2D eigenvalue weighted by molar-refractivity contribution is 7.99. The molecule has 0 unspecified atom stereocenters. The van der Waals surface area contributed by atoms with Gasteiger partial charge in [-0.15, -0.1) is 0 Å². The van der Waals surface area contributed by atoms with Crippen molar-refractivity contribution in [2.24, 2.45) is 0 Å². The molecular formula is C14H11N3O3S. The molecule has 0 fully saturated rings. The summed E-state index contributed by atoms with van der Waals surface area (Å²) in [5.41, 5.74) is 2.54. The van der Waals surface area contributed by atoms with Crippen molar-refractivity contribution >= 4 is 28.6 Å². The van der Waals surface area contributed by atoms with Crippen LogP contribution in [0.4, 0.5) is 0 Å². The molecule has 3 rings (SSSR count). The molecule has 1 aromatic carbocycles. The van der Waals surface area contributed by atoms with Crippen LogP contribution in [0.2, 0.25) is 0 Å². The number of aromatic nitrogens is 3. The second-order valence-electron chi connectivity index (χ2n) is 4.41. The maximum absolute atomic E-state index is 10.5. The Labute approximate surface area is 124 Å². The van der Waals surface area contributed by atoms with E-state index in [1.54, 1.807) is 0 Å². The maximum Gasteiger partial charge on any atom is 0.314 e. The second kappa shape index (κ2) is 5.53. The van der Waals surface area contributed by atoms with Crippen LogP contribution in [0.1, 0.15) is 5.56 Å². The fourth-order valence-corrected chi connectivity index (χ4v) is 2.45. The smallest absolute Gasteiger partial charge is 0.314 e. The third-order valence-electron chi connectivity index (χ3n) is 2.88. The van der Waals surface area contributed by atoms with Crippen molar-refractivity contribution < 1.29 is 14.4 Å². The van der Waals surface area contributed by atoms with E-state index in [2.05, 4.69) is 15.1 Å². The summed E-state index contributed by atoms with van der Waals surface area (Å²) in [5, 5.41) is 13.8. The lowest BCUT2D eigenvalue weighted by Gasteiger charge is -2.03. The van der Waals surface area contributed by atoms with Gasteiger partial charge in [-0.3, -0.25) is 4.79 Å². The van der Waals surface area contributed by atoms with Crippen LogP contribution in [-0.2, 0) is 4.79 Å². The monoisotopic (exact) mass is 301 g/mol. The van der Waals surface area contributed by atoms with Crippen molar-refractivity contribution in [1.82, 2.24) is 15.1 Å². The number of hydrogen-bond donors (Lipinski definition) is 1. The molecule has 0 atom stereocenters. The van der Waals surface area contributed by atoms with E-state index in [-0.39, 0.29) is 11.0 Å². The van der Waals surface area contributed by atoms with E-state index in [4.69, 9.17) is 9.63 Å². The van der Waals surface area contributed by atoms with E-state index in [9.17, 15) is 4.79 Å². The van der Waals surface area contributed by atoms with Gasteiger partial charge in [0, 0.05) is 5.39 Å². The van der Waals surface area contributed by atoms with Crippen molar-refractivity contribution in [3.05, 3.63) is 35.9 Å².